The summed E-state index contributed by atoms with van der Waals surface area (Å²) >= 11 is 0. The van der Waals surface area contributed by atoms with Crippen LogP contribution in [0.3, 0.4) is 0 Å². The van der Waals surface area contributed by atoms with E-state index < -0.39 is 0 Å². The summed E-state index contributed by atoms with van der Waals surface area (Å²) in [5.41, 5.74) is 1.84. The monoisotopic (exact) mass is 410 g/mol. The standard InChI is InChI=1S/C13H20N2O2.C10H22O2/c1-13(2,3)10-5-4-6-11(9-10)15-12(17)14-7-8-16;1-9(2)6-7-12-10(3,4)8-11-5/h4-6,9,16H,7-8H2,1-3H3,(H2,14,15,17);9H,6-8H2,1-5H3. The number of amides is 2. The first-order valence-corrected chi connectivity index (χ1v) is 10.3. The number of carbonyl (C=O) groups is 1. The maximum Gasteiger partial charge on any atom is 0.319 e. The Hall–Kier alpha value is -1.63. The Kier molecular flexibility index (Phi) is 12.8. The number of aliphatic hydroxyl groups is 1. The minimum absolute atomic E-state index is 0.0548. The van der Waals surface area contributed by atoms with E-state index in [1.54, 1.807) is 7.11 Å². The maximum absolute atomic E-state index is 11.4. The number of ether oxygens (including phenoxy) is 2. The van der Waals surface area contributed by atoms with Crippen LogP contribution in [-0.4, -0.2) is 50.2 Å². The fourth-order valence-corrected chi connectivity index (χ4v) is 2.37. The van der Waals surface area contributed by atoms with Crippen molar-refractivity contribution in [1.82, 2.24) is 5.32 Å². The van der Waals surface area contributed by atoms with Gasteiger partial charge in [0.1, 0.15) is 0 Å². The van der Waals surface area contributed by atoms with Gasteiger partial charge in [-0.1, -0.05) is 46.8 Å². The van der Waals surface area contributed by atoms with Crippen LogP contribution in [0, 0.1) is 5.92 Å². The van der Waals surface area contributed by atoms with Crippen LogP contribution in [0.5, 0.6) is 0 Å². The molecule has 0 saturated carbocycles. The van der Waals surface area contributed by atoms with Crippen molar-refractivity contribution in [2.24, 2.45) is 5.92 Å². The lowest BCUT2D eigenvalue weighted by molar-refractivity contribution is -0.0673. The van der Waals surface area contributed by atoms with Gasteiger partial charge in [-0.25, -0.2) is 4.79 Å². The molecule has 6 heteroatoms. The fourth-order valence-electron chi connectivity index (χ4n) is 2.37. The molecule has 0 aromatic heterocycles. The van der Waals surface area contributed by atoms with Crippen molar-refractivity contribution in [3.8, 4) is 0 Å². The summed E-state index contributed by atoms with van der Waals surface area (Å²) in [4.78, 5) is 11.4. The Morgan fingerprint density at radius 2 is 1.83 bits per heavy atom. The van der Waals surface area contributed by atoms with Gasteiger partial charge in [0, 0.05) is 25.9 Å². The predicted octanol–water partition coefficient (Wildman–Crippen LogP) is 4.57. The van der Waals surface area contributed by atoms with E-state index in [1.807, 2.05) is 24.3 Å². The van der Waals surface area contributed by atoms with E-state index in [4.69, 9.17) is 14.6 Å². The van der Waals surface area contributed by atoms with Gasteiger partial charge in [-0.3, -0.25) is 0 Å². The summed E-state index contributed by atoms with van der Waals surface area (Å²) in [5, 5.41) is 13.9. The number of anilines is 1. The van der Waals surface area contributed by atoms with Crippen LogP contribution in [-0.2, 0) is 14.9 Å². The molecule has 6 nitrogen and oxygen atoms in total. The van der Waals surface area contributed by atoms with Gasteiger partial charge in [-0.05, 0) is 49.3 Å². The molecule has 0 radical (unpaired) electrons. The number of hydrogen-bond acceptors (Lipinski definition) is 4. The van der Waals surface area contributed by atoms with E-state index in [1.165, 1.54) is 0 Å². The summed E-state index contributed by atoms with van der Waals surface area (Å²) in [6.07, 6.45) is 1.12. The number of benzene rings is 1. The molecule has 1 aromatic rings. The van der Waals surface area contributed by atoms with E-state index in [0.29, 0.717) is 12.5 Å². The van der Waals surface area contributed by atoms with Crippen molar-refractivity contribution in [1.29, 1.82) is 0 Å². The van der Waals surface area contributed by atoms with Crippen LogP contribution in [0.2, 0.25) is 0 Å². The van der Waals surface area contributed by atoms with Gasteiger partial charge in [-0.2, -0.15) is 0 Å². The zero-order valence-electron chi connectivity index (χ0n) is 19.6. The lowest BCUT2D eigenvalue weighted by Gasteiger charge is -2.24. The number of urea groups is 1. The minimum Gasteiger partial charge on any atom is -0.395 e. The Balaban J connectivity index is 0.000000578. The van der Waals surface area contributed by atoms with Gasteiger partial charge in [0.05, 0.1) is 18.8 Å². The Bertz CT molecular complexity index is 580. The zero-order chi connectivity index (χ0) is 22.5. The lowest BCUT2D eigenvalue weighted by Crippen LogP contribution is -2.31. The minimum atomic E-state index is -0.301. The van der Waals surface area contributed by atoms with Crippen molar-refractivity contribution in [2.45, 2.75) is 65.9 Å². The van der Waals surface area contributed by atoms with Gasteiger partial charge in [-0.15, -0.1) is 0 Å². The maximum atomic E-state index is 11.4. The third kappa shape index (κ3) is 14.1. The number of rotatable bonds is 9. The number of carbonyl (C=O) groups excluding carboxylic acids is 1. The van der Waals surface area contributed by atoms with Crippen LogP contribution in [0.25, 0.3) is 0 Å². The van der Waals surface area contributed by atoms with Gasteiger partial charge in [0.15, 0.2) is 0 Å². The van der Waals surface area contributed by atoms with E-state index in [-0.39, 0.29) is 30.2 Å². The number of methoxy groups -OCH3 is 1. The molecule has 0 aliphatic rings. The molecule has 168 valence electrons. The smallest absolute Gasteiger partial charge is 0.319 e. The Labute approximate surface area is 177 Å². The molecule has 0 spiro atoms. The van der Waals surface area contributed by atoms with Gasteiger partial charge < -0.3 is 25.2 Å². The Morgan fingerprint density at radius 3 is 2.34 bits per heavy atom. The van der Waals surface area contributed by atoms with Crippen molar-refractivity contribution in [2.75, 3.05) is 38.8 Å². The molecule has 29 heavy (non-hydrogen) atoms. The number of aliphatic hydroxyl groups excluding tert-OH is 1. The second-order valence-electron chi connectivity index (χ2n) is 9.16. The molecule has 0 bridgehead atoms. The molecule has 0 fully saturated rings. The summed E-state index contributed by atoms with van der Waals surface area (Å²) in [7, 11) is 1.70. The van der Waals surface area contributed by atoms with Crippen LogP contribution in [0.1, 0.15) is 60.5 Å². The summed E-state index contributed by atoms with van der Waals surface area (Å²) in [6, 6.07) is 7.45. The third-order valence-corrected chi connectivity index (χ3v) is 4.06. The van der Waals surface area contributed by atoms with E-state index in [0.717, 1.165) is 24.3 Å². The van der Waals surface area contributed by atoms with Crippen LogP contribution < -0.4 is 10.6 Å². The molecular weight excluding hydrogens is 368 g/mol. The quantitative estimate of drug-likeness (QED) is 0.557. The van der Waals surface area contributed by atoms with Crippen LogP contribution in [0.4, 0.5) is 10.5 Å². The molecule has 2 amide bonds. The molecule has 0 saturated heterocycles. The van der Waals surface area contributed by atoms with E-state index in [2.05, 4.69) is 59.1 Å². The van der Waals surface area contributed by atoms with E-state index >= 15 is 0 Å². The molecule has 0 atom stereocenters. The normalized spacial score (nSPS) is 11.7. The largest absolute Gasteiger partial charge is 0.395 e. The average Bonchev–Trinajstić information content (AvgIpc) is 2.59. The Morgan fingerprint density at radius 1 is 1.17 bits per heavy atom. The van der Waals surface area contributed by atoms with Gasteiger partial charge >= 0.3 is 6.03 Å². The fraction of sp³-hybridized carbons (Fsp3) is 0.696. The second-order valence-corrected chi connectivity index (χ2v) is 9.16. The lowest BCUT2D eigenvalue weighted by atomic mass is 9.87. The first kappa shape index (κ1) is 27.4. The highest BCUT2D eigenvalue weighted by Crippen LogP contribution is 2.24. The molecule has 1 rings (SSSR count). The van der Waals surface area contributed by atoms with Crippen molar-refractivity contribution in [3.63, 3.8) is 0 Å². The van der Waals surface area contributed by atoms with Crippen molar-refractivity contribution >= 4 is 11.7 Å². The van der Waals surface area contributed by atoms with Gasteiger partial charge in [0.2, 0.25) is 0 Å². The molecule has 3 N–H and O–H groups in total. The molecule has 0 unspecified atom stereocenters. The first-order chi connectivity index (χ1) is 13.4. The molecule has 1 aromatic carbocycles. The summed E-state index contributed by atoms with van der Waals surface area (Å²) in [5.74, 6) is 0.711. The zero-order valence-corrected chi connectivity index (χ0v) is 19.6. The van der Waals surface area contributed by atoms with Crippen molar-refractivity contribution in [3.05, 3.63) is 29.8 Å². The highest BCUT2D eigenvalue weighted by molar-refractivity contribution is 5.89. The predicted molar refractivity (Wildman–Crippen MR) is 121 cm³/mol. The van der Waals surface area contributed by atoms with E-state index in [9.17, 15) is 4.79 Å². The number of hydrogen-bond donors (Lipinski definition) is 3. The average molecular weight is 411 g/mol. The summed E-state index contributed by atoms with van der Waals surface area (Å²) in [6.45, 7) is 16.6. The molecule has 0 heterocycles. The highest BCUT2D eigenvalue weighted by atomic mass is 16.5. The second kappa shape index (κ2) is 13.6. The van der Waals surface area contributed by atoms with Crippen LogP contribution in [0.15, 0.2) is 24.3 Å². The molecular formula is C23H42N2O4. The van der Waals surface area contributed by atoms with Gasteiger partial charge in [0.25, 0.3) is 0 Å². The number of nitrogens with one attached hydrogen (secondary N) is 2. The molecule has 0 aliphatic heterocycles. The highest BCUT2D eigenvalue weighted by Gasteiger charge is 2.17. The SMILES string of the molecule is CC(C)(C)c1cccc(NC(=O)NCCO)c1.COCC(C)(C)OCCC(C)C. The topological polar surface area (TPSA) is 79.8 Å². The first-order valence-electron chi connectivity index (χ1n) is 10.3. The molecule has 0 aliphatic carbocycles. The third-order valence-electron chi connectivity index (χ3n) is 4.06. The van der Waals surface area contributed by atoms with Crippen molar-refractivity contribution < 1.29 is 19.4 Å². The summed E-state index contributed by atoms with van der Waals surface area (Å²) < 4.78 is 10.7. The van der Waals surface area contributed by atoms with Crippen LogP contribution >= 0.6 is 0 Å².